The van der Waals surface area contributed by atoms with Gasteiger partial charge < -0.3 is 29.4 Å². The second kappa shape index (κ2) is 13.9. The Hall–Kier alpha value is -4.28. The van der Waals surface area contributed by atoms with Crippen LogP contribution in [-0.2, 0) is 6.54 Å². The summed E-state index contributed by atoms with van der Waals surface area (Å²) in [4.78, 5) is 29.1. The number of piperazine rings is 1. The summed E-state index contributed by atoms with van der Waals surface area (Å²) >= 11 is 0. The zero-order valence-corrected chi connectivity index (χ0v) is 23.9. The number of carboxylic acids is 1. The lowest BCUT2D eigenvalue weighted by Crippen LogP contribution is -2.47. The van der Waals surface area contributed by atoms with Crippen LogP contribution < -0.4 is 24.3 Å². The Labute approximate surface area is 240 Å². The summed E-state index contributed by atoms with van der Waals surface area (Å²) in [5.41, 5.74) is 2.87. The van der Waals surface area contributed by atoms with Crippen molar-refractivity contribution in [2.45, 2.75) is 13.5 Å². The summed E-state index contributed by atoms with van der Waals surface area (Å²) in [6.07, 6.45) is 0. The molecule has 0 unspecified atom stereocenters. The quantitative estimate of drug-likeness (QED) is 0.336. The Bertz CT molecular complexity index is 1370. The Balaban J connectivity index is 1.33. The van der Waals surface area contributed by atoms with E-state index in [0.29, 0.717) is 47.4 Å². The molecule has 1 amide bonds. The first-order valence-electron chi connectivity index (χ1n) is 13.4. The minimum Gasteiger partial charge on any atom is -0.493 e. The maximum absolute atomic E-state index is 12.8. The van der Waals surface area contributed by atoms with Gasteiger partial charge in [0.25, 0.3) is 5.91 Å². The van der Waals surface area contributed by atoms with E-state index in [9.17, 15) is 14.7 Å². The molecular weight excluding hydrogens is 526 g/mol. The summed E-state index contributed by atoms with van der Waals surface area (Å²) in [6, 6.07) is 15.6. The lowest BCUT2D eigenvalue weighted by Gasteiger charge is -2.35. The molecule has 3 aromatic rings. The van der Waals surface area contributed by atoms with Gasteiger partial charge in [-0.1, -0.05) is 23.8 Å². The molecule has 0 atom stereocenters. The summed E-state index contributed by atoms with van der Waals surface area (Å²) in [7, 11) is 4.84. The number of rotatable bonds is 12. The number of hydrogen-bond donors (Lipinski definition) is 2. The number of ether oxygens (including phenoxy) is 4. The predicted molar refractivity (Wildman–Crippen MR) is 156 cm³/mol. The number of aromatic carboxylic acids is 1. The summed E-state index contributed by atoms with van der Waals surface area (Å²) in [5.74, 6) is 0.925. The number of anilines is 1. The van der Waals surface area contributed by atoms with Gasteiger partial charge in [-0.2, -0.15) is 0 Å². The predicted octanol–water partition coefficient (Wildman–Crippen LogP) is 4.17. The lowest BCUT2D eigenvalue weighted by molar-refractivity contribution is 0.0696. The zero-order chi connectivity index (χ0) is 29.4. The van der Waals surface area contributed by atoms with Crippen LogP contribution in [0, 0.1) is 6.92 Å². The normalized spacial score (nSPS) is 13.9. The number of hydrogen-bond acceptors (Lipinski definition) is 8. The Morgan fingerprint density at radius 2 is 1.54 bits per heavy atom. The number of benzene rings is 3. The van der Waals surface area contributed by atoms with Crippen molar-refractivity contribution in [3.63, 3.8) is 0 Å². The van der Waals surface area contributed by atoms with E-state index in [1.807, 2.05) is 25.1 Å². The average molecular weight is 564 g/mol. The number of amides is 1. The first-order chi connectivity index (χ1) is 19.8. The molecule has 0 aliphatic carbocycles. The van der Waals surface area contributed by atoms with Crippen LogP contribution in [0.1, 0.15) is 31.8 Å². The van der Waals surface area contributed by atoms with Crippen molar-refractivity contribution in [1.82, 2.24) is 9.80 Å². The molecule has 1 heterocycles. The van der Waals surface area contributed by atoms with Gasteiger partial charge in [0.1, 0.15) is 12.4 Å². The Morgan fingerprint density at radius 1 is 0.829 bits per heavy atom. The topological polar surface area (TPSA) is 110 Å². The summed E-state index contributed by atoms with van der Waals surface area (Å²) < 4.78 is 22.6. The first kappa shape index (κ1) is 29.7. The standard InChI is InChI=1S/C31H37N3O7/c1-21-6-5-7-22(18-21)30(35)32-25-19-23(31(36)37)8-10-26(25)41-17-16-33-12-14-34(15-13-33)20-24-9-11-27(38-2)29(40-4)28(24)39-3/h5-11,18-19H,12-17,20H2,1-4H3,(H,32,35)(H,36,37). The van der Waals surface area contributed by atoms with E-state index < -0.39 is 5.97 Å². The number of methoxy groups -OCH3 is 3. The molecule has 1 fully saturated rings. The van der Waals surface area contributed by atoms with Crippen molar-refractivity contribution in [3.8, 4) is 23.0 Å². The first-order valence-corrected chi connectivity index (χ1v) is 13.4. The van der Waals surface area contributed by atoms with E-state index in [2.05, 4.69) is 15.1 Å². The molecule has 1 aliphatic heterocycles. The maximum atomic E-state index is 12.8. The molecule has 10 heteroatoms. The van der Waals surface area contributed by atoms with Gasteiger partial charge in [-0.25, -0.2) is 4.79 Å². The highest BCUT2D eigenvalue weighted by Crippen LogP contribution is 2.40. The second-order valence-corrected chi connectivity index (χ2v) is 9.80. The molecule has 2 N–H and O–H groups in total. The number of carbonyl (C=O) groups is 2. The van der Waals surface area contributed by atoms with E-state index in [-0.39, 0.29) is 11.5 Å². The number of carboxylic acid groups (broad SMARTS) is 1. The van der Waals surface area contributed by atoms with Gasteiger partial charge in [0.15, 0.2) is 11.5 Å². The molecule has 0 saturated carbocycles. The van der Waals surface area contributed by atoms with Crippen LogP contribution in [0.3, 0.4) is 0 Å². The van der Waals surface area contributed by atoms with Gasteiger partial charge >= 0.3 is 5.97 Å². The molecule has 1 aliphatic rings. The number of nitrogens with zero attached hydrogens (tertiary/aromatic N) is 2. The largest absolute Gasteiger partial charge is 0.493 e. The minimum absolute atomic E-state index is 0.0686. The van der Waals surface area contributed by atoms with Gasteiger partial charge in [-0.05, 0) is 43.3 Å². The molecule has 0 radical (unpaired) electrons. The number of nitrogens with one attached hydrogen (secondary N) is 1. The highest BCUT2D eigenvalue weighted by molar-refractivity contribution is 6.05. The molecule has 3 aromatic carbocycles. The monoisotopic (exact) mass is 563 g/mol. The third kappa shape index (κ3) is 7.47. The fourth-order valence-electron chi connectivity index (χ4n) is 4.85. The third-order valence-electron chi connectivity index (χ3n) is 7.06. The molecule has 218 valence electrons. The fourth-order valence-corrected chi connectivity index (χ4v) is 4.85. The van der Waals surface area contributed by atoms with Crippen LogP contribution in [0.15, 0.2) is 54.6 Å². The minimum atomic E-state index is -1.08. The fraction of sp³-hybridized carbons (Fsp3) is 0.355. The van der Waals surface area contributed by atoms with Crippen molar-refractivity contribution in [2.75, 3.05) is 66.0 Å². The van der Waals surface area contributed by atoms with Crippen molar-refractivity contribution < 1.29 is 33.6 Å². The number of aryl methyl sites for hydroxylation is 1. The summed E-state index contributed by atoms with van der Waals surface area (Å²) in [5, 5.41) is 12.3. The lowest BCUT2D eigenvalue weighted by atomic mass is 10.1. The molecule has 10 nitrogen and oxygen atoms in total. The van der Waals surface area contributed by atoms with Crippen molar-refractivity contribution in [2.24, 2.45) is 0 Å². The Morgan fingerprint density at radius 3 is 2.20 bits per heavy atom. The summed E-state index contributed by atoms with van der Waals surface area (Å²) in [6.45, 7) is 7.21. The van der Waals surface area contributed by atoms with E-state index in [4.69, 9.17) is 18.9 Å². The maximum Gasteiger partial charge on any atom is 0.335 e. The molecule has 1 saturated heterocycles. The van der Waals surface area contributed by atoms with Gasteiger partial charge in [0, 0.05) is 50.4 Å². The van der Waals surface area contributed by atoms with Crippen LogP contribution in [0.5, 0.6) is 23.0 Å². The molecule has 41 heavy (non-hydrogen) atoms. The average Bonchev–Trinajstić information content (AvgIpc) is 2.98. The van der Waals surface area contributed by atoms with Crippen molar-refractivity contribution in [1.29, 1.82) is 0 Å². The van der Waals surface area contributed by atoms with Crippen LogP contribution in [0.2, 0.25) is 0 Å². The van der Waals surface area contributed by atoms with Crippen molar-refractivity contribution in [3.05, 3.63) is 76.9 Å². The number of carbonyl (C=O) groups excluding carboxylic acids is 1. The smallest absolute Gasteiger partial charge is 0.335 e. The van der Waals surface area contributed by atoms with E-state index in [1.165, 1.54) is 12.1 Å². The highest BCUT2D eigenvalue weighted by atomic mass is 16.5. The molecule has 4 rings (SSSR count). The second-order valence-electron chi connectivity index (χ2n) is 9.80. The highest BCUT2D eigenvalue weighted by Gasteiger charge is 2.22. The third-order valence-corrected chi connectivity index (χ3v) is 7.06. The Kier molecular flexibility index (Phi) is 10.0. The van der Waals surface area contributed by atoms with Crippen LogP contribution in [0.4, 0.5) is 5.69 Å². The zero-order valence-electron chi connectivity index (χ0n) is 23.9. The van der Waals surface area contributed by atoms with Crippen LogP contribution >= 0.6 is 0 Å². The van der Waals surface area contributed by atoms with E-state index in [0.717, 1.165) is 43.9 Å². The van der Waals surface area contributed by atoms with E-state index in [1.54, 1.807) is 45.6 Å². The van der Waals surface area contributed by atoms with Crippen LogP contribution in [0.25, 0.3) is 0 Å². The van der Waals surface area contributed by atoms with E-state index >= 15 is 0 Å². The molecule has 0 spiro atoms. The van der Waals surface area contributed by atoms with Crippen LogP contribution in [-0.4, -0.2) is 87.4 Å². The van der Waals surface area contributed by atoms with Crippen molar-refractivity contribution >= 4 is 17.6 Å². The molecular formula is C31H37N3O7. The van der Waals surface area contributed by atoms with Gasteiger partial charge in [0.05, 0.1) is 32.6 Å². The molecule has 0 aromatic heterocycles. The van der Waals surface area contributed by atoms with Gasteiger partial charge in [-0.15, -0.1) is 0 Å². The van der Waals surface area contributed by atoms with Gasteiger partial charge in [0.2, 0.25) is 5.75 Å². The van der Waals surface area contributed by atoms with Gasteiger partial charge in [-0.3, -0.25) is 14.6 Å². The SMILES string of the molecule is COc1ccc(CN2CCN(CCOc3ccc(C(=O)O)cc3NC(=O)c3cccc(C)c3)CC2)c(OC)c1OC. The molecule has 0 bridgehead atoms.